The highest BCUT2D eigenvalue weighted by Crippen LogP contribution is 2.11. The zero-order chi connectivity index (χ0) is 8.97. The number of carbonyl (C=O) groups is 1. The summed E-state index contributed by atoms with van der Waals surface area (Å²) in [5.41, 5.74) is 0. The summed E-state index contributed by atoms with van der Waals surface area (Å²) in [6.07, 6.45) is 1.57. The Morgan fingerprint density at radius 3 is 2.58 bits per heavy atom. The Morgan fingerprint density at radius 2 is 2.17 bits per heavy atom. The Balaban J connectivity index is 2.30. The minimum Gasteiger partial charge on any atom is -0.387 e. The lowest BCUT2D eigenvalue weighted by molar-refractivity contribution is -0.136. The molecule has 5 heteroatoms. The molecule has 3 N–H and O–H groups in total. The minimum absolute atomic E-state index is 0.0627. The van der Waals surface area contributed by atoms with Crippen LogP contribution in [0.2, 0.25) is 0 Å². The molecule has 70 valence electrons. The standard InChI is InChI=1S/C7H14N2O3/c8-12-6-1-3-9(4-2-6)7(11)5-10/h6,10H,1-5,8H2. The van der Waals surface area contributed by atoms with Crippen molar-refractivity contribution in [2.75, 3.05) is 19.7 Å². The number of aliphatic hydroxyl groups is 1. The molecule has 0 aromatic carbocycles. The number of rotatable bonds is 2. The van der Waals surface area contributed by atoms with E-state index in [-0.39, 0.29) is 12.0 Å². The molecule has 0 unspecified atom stereocenters. The normalized spacial score (nSPS) is 19.7. The van der Waals surface area contributed by atoms with Crippen LogP contribution >= 0.6 is 0 Å². The van der Waals surface area contributed by atoms with Crippen molar-refractivity contribution in [3.05, 3.63) is 0 Å². The third-order valence-electron chi connectivity index (χ3n) is 2.12. The Morgan fingerprint density at radius 1 is 1.58 bits per heavy atom. The van der Waals surface area contributed by atoms with Crippen molar-refractivity contribution >= 4 is 5.91 Å². The molecule has 0 radical (unpaired) electrons. The molecule has 1 heterocycles. The second-order valence-electron chi connectivity index (χ2n) is 2.87. The van der Waals surface area contributed by atoms with Gasteiger partial charge in [-0.25, -0.2) is 5.90 Å². The molecule has 0 atom stereocenters. The highest BCUT2D eigenvalue weighted by Gasteiger charge is 2.21. The number of carbonyl (C=O) groups excluding carboxylic acids is 1. The third kappa shape index (κ3) is 2.17. The van der Waals surface area contributed by atoms with Gasteiger partial charge in [0.2, 0.25) is 5.91 Å². The number of amides is 1. The van der Waals surface area contributed by atoms with Gasteiger partial charge in [0.15, 0.2) is 0 Å². The maximum Gasteiger partial charge on any atom is 0.248 e. The zero-order valence-electron chi connectivity index (χ0n) is 6.90. The first kappa shape index (κ1) is 9.44. The van der Waals surface area contributed by atoms with Crippen molar-refractivity contribution in [3.63, 3.8) is 0 Å². The van der Waals surface area contributed by atoms with E-state index in [4.69, 9.17) is 11.0 Å². The fraction of sp³-hybridized carbons (Fsp3) is 0.857. The summed E-state index contributed by atoms with van der Waals surface area (Å²) >= 11 is 0. The maximum absolute atomic E-state index is 11.0. The van der Waals surface area contributed by atoms with E-state index in [9.17, 15) is 4.79 Å². The summed E-state index contributed by atoms with van der Waals surface area (Å²) in [6.45, 7) is 0.844. The largest absolute Gasteiger partial charge is 0.387 e. The number of hydrogen-bond acceptors (Lipinski definition) is 4. The lowest BCUT2D eigenvalue weighted by Crippen LogP contribution is -2.42. The topological polar surface area (TPSA) is 75.8 Å². The second-order valence-corrected chi connectivity index (χ2v) is 2.87. The van der Waals surface area contributed by atoms with Crippen LogP contribution in [0.5, 0.6) is 0 Å². The van der Waals surface area contributed by atoms with Gasteiger partial charge < -0.3 is 14.8 Å². The van der Waals surface area contributed by atoms with Crippen LogP contribution in [-0.2, 0) is 9.63 Å². The van der Waals surface area contributed by atoms with Crippen molar-refractivity contribution < 1.29 is 14.7 Å². The van der Waals surface area contributed by atoms with Gasteiger partial charge >= 0.3 is 0 Å². The molecular weight excluding hydrogens is 160 g/mol. The van der Waals surface area contributed by atoms with E-state index < -0.39 is 6.61 Å². The van der Waals surface area contributed by atoms with Gasteiger partial charge in [-0.3, -0.25) is 4.79 Å². The fourth-order valence-corrected chi connectivity index (χ4v) is 1.34. The quantitative estimate of drug-likeness (QED) is 0.519. The summed E-state index contributed by atoms with van der Waals surface area (Å²) in [7, 11) is 0. The van der Waals surface area contributed by atoms with Gasteiger partial charge in [-0.1, -0.05) is 0 Å². The molecule has 1 fully saturated rings. The number of hydrogen-bond donors (Lipinski definition) is 2. The highest BCUT2D eigenvalue weighted by atomic mass is 16.6. The van der Waals surface area contributed by atoms with Crippen molar-refractivity contribution in [2.45, 2.75) is 18.9 Å². The summed E-state index contributed by atoms with van der Waals surface area (Å²) in [5.74, 6) is 4.79. The Bertz CT molecular complexity index is 155. The van der Waals surface area contributed by atoms with Crippen molar-refractivity contribution in [1.29, 1.82) is 0 Å². The predicted octanol–water partition coefficient (Wildman–Crippen LogP) is -1.14. The lowest BCUT2D eigenvalue weighted by Gasteiger charge is -2.30. The molecule has 0 spiro atoms. The van der Waals surface area contributed by atoms with E-state index in [0.717, 1.165) is 12.8 Å². The van der Waals surface area contributed by atoms with Gasteiger partial charge in [0.05, 0.1) is 6.10 Å². The fourth-order valence-electron chi connectivity index (χ4n) is 1.34. The zero-order valence-corrected chi connectivity index (χ0v) is 6.90. The Labute approximate surface area is 71.0 Å². The van der Waals surface area contributed by atoms with Crippen LogP contribution < -0.4 is 5.90 Å². The van der Waals surface area contributed by atoms with Crippen LogP contribution in [0.4, 0.5) is 0 Å². The molecule has 1 amide bonds. The van der Waals surface area contributed by atoms with Gasteiger partial charge in [-0.15, -0.1) is 0 Å². The maximum atomic E-state index is 11.0. The average molecular weight is 174 g/mol. The van der Waals surface area contributed by atoms with E-state index in [1.165, 1.54) is 0 Å². The third-order valence-corrected chi connectivity index (χ3v) is 2.12. The SMILES string of the molecule is NOC1CCN(C(=O)CO)CC1. The van der Waals surface area contributed by atoms with Crippen LogP contribution in [-0.4, -0.2) is 41.7 Å². The average Bonchev–Trinajstić information content (AvgIpc) is 2.17. The summed E-state index contributed by atoms with van der Waals surface area (Å²) in [5, 5.41) is 8.56. The monoisotopic (exact) mass is 174 g/mol. The molecule has 0 bridgehead atoms. The number of nitrogens with two attached hydrogens (primary N) is 1. The Hall–Kier alpha value is -0.650. The molecule has 0 aromatic heterocycles. The molecule has 5 nitrogen and oxygen atoms in total. The van der Waals surface area contributed by atoms with Gasteiger partial charge in [0.1, 0.15) is 6.61 Å². The van der Waals surface area contributed by atoms with Gasteiger partial charge in [-0.05, 0) is 12.8 Å². The van der Waals surface area contributed by atoms with Crippen LogP contribution in [0, 0.1) is 0 Å². The summed E-state index contributed by atoms with van der Waals surface area (Å²) < 4.78 is 0. The highest BCUT2D eigenvalue weighted by molar-refractivity contribution is 5.77. The molecule has 1 saturated heterocycles. The first-order chi connectivity index (χ1) is 5.77. The molecule has 0 saturated carbocycles. The van der Waals surface area contributed by atoms with Crippen LogP contribution in [0.25, 0.3) is 0 Å². The number of nitrogens with zero attached hydrogens (tertiary/aromatic N) is 1. The van der Waals surface area contributed by atoms with Crippen LogP contribution in [0.3, 0.4) is 0 Å². The molecular formula is C7H14N2O3. The first-order valence-corrected chi connectivity index (χ1v) is 4.02. The van der Waals surface area contributed by atoms with Crippen molar-refractivity contribution in [2.24, 2.45) is 5.90 Å². The van der Waals surface area contributed by atoms with Gasteiger partial charge in [0, 0.05) is 13.1 Å². The predicted molar refractivity (Wildman–Crippen MR) is 42.0 cm³/mol. The summed E-state index contributed by atoms with van der Waals surface area (Å²) in [4.78, 5) is 17.2. The lowest BCUT2D eigenvalue weighted by atomic mass is 10.1. The van der Waals surface area contributed by atoms with E-state index in [1.54, 1.807) is 4.90 Å². The number of likely N-dealkylation sites (tertiary alicyclic amines) is 1. The van der Waals surface area contributed by atoms with Crippen molar-refractivity contribution in [3.8, 4) is 0 Å². The van der Waals surface area contributed by atoms with E-state index in [2.05, 4.69) is 4.84 Å². The Kier molecular flexibility index (Phi) is 3.46. The van der Waals surface area contributed by atoms with Gasteiger partial charge in [0.25, 0.3) is 0 Å². The molecule has 1 rings (SSSR count). The van der Waals surface area contributed by atoms with Crippen LogP contribution in [0.15, 0.2) is 0 Å². The molecule has 0 aliphatic carbocycles. The van der Waals surface area contributed by atoms with E-state index >= 15 is 0 Å². The molecule has 1 aliphatic rings. The van der Waals surface area contributed by atoms with Gasteiger partial charge in [-0.2, -0.15) is 0 Å². The summed E-state index contributed by atoms with van der Waals surface area (Å²) in [6, 6.07) is 0. The first-order valence-electron chi connectivity index (χ1n) is 4.02. The second kappa shape index (κ2) is 4.39. The van der Waals surface area contributed by atoms with E-state index in [0.29, 0.717) is 13.1 Å². The number of piperidine rings is 1. The van der Waals surface area contributed by atoms with E-state index in [1.807, 2.05) is 0 Å². The molecule has 1 aliphatic heterocycles. The van der Waals surface area contributed by atoms with Crippen molar-refractivity contribution in [1.82, 2.24) is 4.90 Å². The molecule has 12 heavy (non-hydrogen) atoms. The minimum atomic E-state index is -0.409. The molecule has 0 aromatic rings. The number of aliphatic hydroxyl groups excluding tert-OH is 1. The van der Waals surface area contributed by atoms with Crippen LogP contribution in [0.1, 0.15) is 12.8 Å². The smallest absolute Gasteiger partial charge is 0.248 e.